The summed E-state index contributed by atoms with van der Waals surface area (Å²) < 4.78 is 53.5. The van der Waals surface area contributed by atoms with Gasteiger partial charge < -0.3 is 34.9 Å². The molecule has 0 spiro atoms. The van der Waals surface area contributed by atoms with Crippen LogP contribution < -0.4 is 10.6 Å². The minimum Gasteiger partial charge on any atom is -0.417 e. The van der Waals surface area contributed by atoms with Crippen molar-refractivity contribution in [2.45, 2.75) is 56.7 Å². The Kier molecular flexibility index (Phi) is 13.3. The topological polar surface area (TPSA) is 130 Å². The van der Waals surface area contributed by atoms with Gasteiger partial charge in [-0.25, -0.2) is 14.5 Å². The minimum absolute atomic E-state index is 0.0340. The number of nitrogens with zero attached hydrogens (tertiary/aromatic N) is 2. The Balaban J connectivity index is 1.66. The molecule has 4 amide bonds. The first-order valence-electron chi connectivity index (χ1n) is 14.3. The second-order valence-corrected chi connectivity index (χ2v) is 11.3. The van der Waals surface area contributed by atoms with E-state index in [1.807, 2.05) is 13.1 Å². The van der Waals surface area contributed by atoms with Gasteiger partial charge in [0.25, 0.3) is 0 Å². The van der Waals surface area contributed by atoms with Crippen LogP contribution in [0.3, 0.4) is 0 Å². The van der Waals surface area contributed by atoms with Crippen LogP contribution >= 0.6 is 11.6 Å². The van der Waals surface area contributed by atoms with Crippen LogP contribution in [0.25, 0.3) is 0 Å². The van der Waals surface area contributed by atoms with Crippen molar-refractivity contribution in [1.29, 1.82) is 0 Å². The van der Waals surface area contributed by atoms with Crippen LogP contribution in [0, 0.1) is 11.8 Å². The highest BCUT2D eigenvalue weighted by Crippen LogP contribution is 2.37. The normalized spacial score (nSPS) is 22.4. The molecule has 1 unspecified atom stereocenters. The number of piperidine rings is 1. The van der Waals surface area contributed by atoms with Gasteiger partial charge in [0.15, 0.2) is 0 Å². The number of aliphatic hydroxyl groups is 1. The van der Waals surface area contributed by atoms with Gasteiger partial charge in [-0.3, -0.25) is 4.79 Å². The largest absolute Gasteiger partial charge is 0.471 e. The van der Waals surface area contributed by atoms with Crippen molar-refractivity contribution in [1.82, 2.24) is 20.4 Å². The number of amides is 4. The highest BCUT2D eigenvalue weighted by molar-refractivity contribution is 6.30. The van der Waals surface area contributed by atoms with Crippen LogP contribution in [0.1, 0.15) is 43.7 Å². The summed E-state index contributed by atoms with van der Waals surface area (Å²) in [7, 11) is 2.42. The second kappa shape index (κ2) is 16.4. The van der Waals surface area contributed by atoms with Crippen LogP contribution in [-0.4, -0.2) is 105 Å². The van der Waals surface area contributed by atoms with E-state index in [9.17, 15) is 32.7 Å². The Hall–Kier alpha value is -2.65. The van der Waals surface area contributed by atoms with E-state index in [4.69, 9.17) is 21.1 Å². The van der Waals surface area contributed by atoms with Crippen LogP contribution in [0.5, 0.6) is 0 Å². The Morgan fingerprint density at radius 3 is 2.67 bits per heavy atom. The number of imide groups is 1. The van der Waals surface area contributed by atoms with E-state index in [2.05, 4.69) is 15.4 Å². The molecule has 15 heteroatoms. The number of aliphatic hydroxyl groups excluding tert-OH is 1. The molecule has 3 rings (SSSR count). The number of hydrogen-bond donors (Lipinski definition) is 3. The molecule has 0 radical (unpaired) electrons. The summed E-state index contributed by atoms with van der Waals surface area (Å²) in [5, 5.41) is 16.9. The molecule has 11 nitrogen and oxygen atoms in total. The molecule has 2 aliphatic heterocycles. The quantitative estimate of drug-likeness (QED) is 0.314. The number of alkyl halides is 3. The van der Waals surface area contributed by atoms with Gasteiger partial charge in [-0.2, -0.15) is 13.2 Å². The molecule has 5 atom stereocenters. The number of likely N-dealkylation sites (N-methyl/N-ethyl adjacent to an activating group) is 1. The predicted molar refractivity (Wildman–Crippen MR) is 150 cm³/mol. The van der Waals surface area contributed by atoms with E-state index < -0.39 is 37.1 Å². The summed E-state index contributed by atoms with van der Waals surface area (Å²) in [6.45, 7) is 1.97. The Morgan fingerprint density at radius 2 is 2.02 bits per heavy atom. The van der Waals surface area contributed by atoms with E-state index in [-0.39, 0.29) is 29.5 Å². The molecule has 0 aromatic heterocycles. The molecular formula is C28H40ClF3N4O7. The lowest BCUT2D eigenvalue weighted by Gasteiger charge is -2.42. The summed E-state index contributed by atoms with van der Waals surface area (Å²) in [6.07, 6.45) is -4.73. The third-order valence-electron chi connectivity index (χ3n) is 7.51. The average Bonchev–Trinajstić information content (AvgIpc) is 2.96. The van der Waals surface area contributed by atoms with Gasteiger partial charge in [0.05, 0.1) is 12.6 Å². The zero-order valence-electron chi connectivity index (χ0n) is 24.3. The fourth-order valence-electron chi connectivity index (χ4n) is 5.54. The van der Waals surface area contributed by atoms with Gasteiger partial charge in [0.2, 0.25) is 6.29 Å². The molecule has 2 fully saturated rings. The maximum atomic E-state index is 13.7. The van der Waals surface area contributed by atoms with Crippen molar-refractivity contribution in [3.05, 3.63) is 34.9 Å². The average molecular weight is 637 g/mol. The van der Waals surface area contributed by atoms with Crippen molar-refractivity contribution < 1.29 is 46.9 Å². The van der Waals surface area contributed by atoms with E-state index >= 15 is 0 Å². The number of rotatable bonds is 11. The summed E-state index contributed by atoms with van der Waals surface area (Å²) in [4.78, 5) is 38.2. The number of benzene rings is 1. The third kappa shape index (κ3) is 10.5. The molecule has 242 valence electrons. The van der Waals surface area contributed by atoms with Crippen LogP contribution in [-0.2, 0) is 19.0 Å². The Labute approximate surface area is 253 Å². The number of nitrogens with one attached hydrogen (secondary N) is 2. The first kappa shape index (κ1) is 34.8. The van der Waals surface area contributed by atoms with Crippen molar-refractivity contribution in [2.24, 2.45) is 11.8 Å². The number of likely N-dealkylation sites (tertiary alicyclic amines) is 1. The van der Waals surface area contributed by atoms with Gasteiger partial charge in [-0.05, 0) is 62.8 Å². The monoisotopic (exact) mass is 636 g/mol. The van der Waals surface area contributed by atoms with Gasteiger partial charge >= 0.3 is 24.2 Å². The summed E-state index contributed by atoms with van der Waals surface area (Å²) in [6, 6.07) is 6.37. The fraction of sp³-hybridized carbons (Fsp3) is 0.679. The van der Waals surface area contributed by atoms with Gasteiger partial charge in [0, 0.05) is 50.3 Å². The molecule has 2 saturated heterocycles. The van der Waals surface area contributed by atoms with Crippen molar-refractivity contribution in [2.75, 3.05) is 53.6 Å². The summed E-state index contributed by atoms with van der Waals surface area (Å²) in [5.41, 5.74) is 0.793. The smallest absolute Gasteiger partial charge is 0.417 e. The lowest BCUT2D eigenvalue weighted by atomic mass is 9.85. The van der Waals surface area contributed by atoms with Crippen molar-refractivity contribution in [3.63, 3.8) is 0 Å². The summed E-state index contributed by atoms with van der Waals surface area (Å²) >= 11 is 6.29. The molecular weight excluding hydrogens is 597 g/mol. The molecule has 0 bridgehead atoms. The number of hydrogen-bond acceptors (Lipinski definition) is 8. The Bertz CT molecular complexity index is 1080. The van der Waals surface area contributed by atoms with Gasteiger partial charge in [-0.1, -0.05) is 23.7 Å². The third-order valence-corrected chi connectivity index (χ3v) is 7.74. The highest BCUT2D eigenvalue weighted by Gasteiger charge is 2.44. The maximum absolute atomic E-state index is 13.7. The van der Waals surface area contributed by atoms with Gasteiger partial charge in [0.1, 0.15) is 6.61 Å². The SMILES string of the molecule is CNC[C@H](C[C@@H]1CCCOC1)NC(=O)N1CCC[C@@H](COCC(O)OC(=O)N(C)C(=O)C(F)(F)F)[C@@H]1c1cccc(Cl)c1. The standard InChI is InChI=1S/C28H40ClF3N4O7/c1-33-14-22(12-18-6-5-11-41-15-18)34-26(39)36-10-4-8-20(24(36)19-7-3-9-21(29)13-19)16-42-17-23(37)43-27(40)35(2)25(38)28(30,31)32/h3,7,9,13,18,20,22-24,33,37H,4-6,8,10-12,14-17H2,1-2H3,(H,34,39)/t18-,20-,22-,23?,24-/m0/s1. The van der Waals surface area contributed by atoms with Crippen LogP contribution in [0.15, 0.2) is 24.3 Å². The number of halogens is 4. The lowest BCUT2D eigenvalue weighted by molar-refractivity contribution is -0.184. The van der Waals surface area contributed by atoms with Crippen LogP contribution in [0.2, 0.25) is 5.02 Å². The predicted octanol–water partition coefficient (Wildman–Crippen LogP) is 3.70. The number of carbonyl (C=O) groups excluding carboxylic acids is 3. The zero-order valence-corrected chi connectivity index (χ0v) is 25.0. The zero-order chi connectivity index (χ0) is 31.6. The maximum Gasteiger partial charge on any atom is 0.471 e. The Morgan fingerprint density at radius 1 is 1.26 bits per heavy atom. The van der Waals surface area contributed by atoms with Crippen molar-refractivity contribution >= 4 is 29.6 Å². The van der Waals surface area contributed by atoms with Crippen LogP contribution in [0.4, 0.5) is 22.8 Å². The molecule has 2 aliphatic rings. The van der Waals surface area contributed by atoms with E-state index in [0.29, 0.717) is 50.5 Å². The molecule has 1 aromatic carbocycles. The highest BCUT2D eigenvalue weighted by atomic mass is 35.5. The second-order valence-electron chi connectivity index (χ2n) is 10.9. The van der Waals surface area contributed by atoms with E-state index in [0.717, 1.165) is 31.4 Å². The summed E-state index contributed by atoms with van der Waals surface area (Å²) in [5.74, 6) is -2.32. The first-order valence-corrected chi connectivity index (χ1v) is 14.6. The van der Waals surface area contributed by atoms with E-state index in [1.165, 1.54) is 0 Å². The lowest BCUT2D eigenvalue weighted by Crippen LogP contribution is -2.53. The number of urea groups is 1. The van der Waals surface area contributed by atoms with E-state index in [1.54, 1.807) is 23.1 Å². The number of ether oxygens (including phenoxy) is 3. The first-order chi connectivity index (χ1) is 20.4. The van der Waals surface area contributed by atoms with Gasteiger partial charge in [-0.15, -0.1) is 0 Å². The minimum atomic E-state index is -5.28. The number of carbonyl (C=O) groups is 3. The fourth-order valence-corrected chi connectivity index (χ4v) is 5.73. The molecule has 1 aromatic rings. The molecule has 2 heterocycles. The molecule has 3 N–H and O–H groups in total. The molecule has 0 saturated carbocycles. The molecule has 43 heavy (non-hydrogen) atoms. The molecule has 0 aliphatic carbocycles. The van der Waals surface area contributed by atoms with Crippen molar-refractivity contribution in [3.8, 4) is 0 Å².